The normalized spacial score (nSPS) is 18.8. The minimum atomic E-state index is -0.859. The number of carbonyl (C=O) groups excluding carboxylic acids is 1. The topological polar surface area (TPSA) is 66.8 Å². The van der Waals surface area contributed by atoms with Gasteiger partial charge in [-0.15, -0.1) is 0 Å². The Morgan fingerprint density at radius 3 is 2.70 bits per heavy atom. The van der Waals surface area contributed by atoms with Crippen LogP contribution in [0.5, 0.6) is 0 Å². The molecule has 1 N–H and O–H groups in total. The van der Waals surface area contributed by atoms with Gasteiger partial charge < -0.3 is 14.7 Å². The van der Waals surface area contributed by atoms with Gasteiger partial charge in [0.05, 0.1) is 13.2 Å². The zero-order chi connectivity index (χ0) is 14.4. The van der Waals surface area contributed by atoms with Crippen LogP contribution in [0.3, 0.4) is 0 Å². The first-order valence-electron chi connectivity index (χ1n) is 6.83. The monoisotopic (exact) mass is 277 g/mol. The fraction of sp³-hybridized carbons (Fsp3) is 0.467. The lowest BCUT2D eigenvalue weighted by Crippen LogP contribution is -2.42. The summed E-state index contributed by atoms with van der Waals surface area (Å²) in [5.74, 6) is -0.850. The number of carboxylic acids is 1. The molecule has 0 unspecified atom stereocenters. The molecule has 1 aromatic rings. The second-order valence-electron chi connectivity index (χ2n) is 4.86. The van der Waals surface area contributed by atoms with Crippen LogP contribution in [0.2, 0.25) is 0 Å². The highest BCUT2D eigenvalue weighted by atomic mass is 16.5. The first-order valence-corrected chi connectivity index (χ1v) is 6.83. The molecule has 0 spiro atoms. The van der Waals surface area contributed by atoms with Crippen LogP contribution in [0.1, 0.15) is 30.9 Å². The molecule has 20 heavy (non-hydrogen) atoms. The molecule has 1 saturated heterocycles. The number of aliphatic carboxylic acids is 1. The number of rotatable bonds is 5. The molecule has 0 aliphatic carbocycles. The van der Waals surface area contributed by atoms with Crippen molar-refractivity contribution in [2.45, 2.75) is 25.4 Å². The highest BCUT2D eigenvalue weighted by Gasteiger charge is 2.24. The van der Waals surface area contributed by atoms with E-state index in [2.05, 4.69) is 0 Å². The first-order chi connectivity index (χ1) is 9.66. The number of nitrogens with zero attached hydrogens (tertiary/aromatic N) is 1. The molecule has 1 amide bonds. The summed E-state index contributed by atoms with van der Waals surface area (Å²) in [6.45, 7) is 1.63. The minimum absolute atomic E-state index is 0.00970. The van der Waals surface area contributed by atoms with Crippen LogP contribution >= 0.6 is 0 Å². The van der Waals surface area contributed by atoms with Gasteiger partial charge in [-0.1, -0.05) is 30.3 Å². The smallest absolute Gasteiger partial charge is 0.303 e. The van der Waals surface area contributed by atoms with E-state index in [1.807, 2.05) is 30.3 Å². The second kappa shape index (κ2) is 7.05. The summed E-state index contributed by atoms with van der Waals surface area (Å²) in [4.78, 5) is 24.3. The number of hydrogen-bond donors (Lipinski definition) is 1. The number of carboxylic acid groups (broad SMARTS) is 1. The Labute approximate surface area is 118 Å². The third kappa shape index (κ3) is 4.06. The fourth-order valence-corrected chi connectivity index (χ4v) is 2.29. The van der Waals surface area contributed by atoms with Crippen molar-refractivity contribution in [3.8, 4) is 0 Å². The Kier molecular flexibility index (Phi) is 5.12. The average Bonchev–Trinajstić information content (AvgIpc) is 2.48. The Balaban J connectivity index is 1.87. The van der Waals surface area contributed by atoms with Crippen LogP contribution in [0.25, 0.3) is 0 Å². The maximum absolute atomic E-state index is 12.0. The summed E-state index contributed by atoms with van der Waals surface area (Å²) in [6, 6.07) is 9.83. The number of hydrogen-bond acceptors (Lipinski definition) is 3. The first kappa shape index (κ1) is 14.5. The van der Waals surface area contributed by atoms with Crippen molar-refractivity contribution >= 4 is 11.9 Å². The number of ether oxygens (including phenoxy) is 1. The van der Waals surface area contributed by atoms with E-state index in [9.17, 15) is 9.59 Å². The molecule has 2 rings (SSSR count). The van der Waals surface area contributed by atoms with Crippen molar-refractivity contribution in [2.24, 2.45) is 0 Å². The number of morpholine rings is 1. The maximum Gasteiger partial charge on any atom is 0.303 e. The van der Waals surface area contributed by atoms with Gasteiger partial charge in [0.25, 0.3) is 0 Å². The van der Waals surface area contributed by atoms with Gasteiger partial charge in [-0.2, -0.15) is 0 Å². The van der Waals surface area contributed by atoms with Crippen molar-refractivity contribution < 1.29 is 19.4 Å². The Morgan fingerprint density at radius 2 is 2.00 bits per heavy atom. The van der Waals surface area contributed by atoms with E-state index in [1.165, 1.54) is 0 Å². The van der Waals surface area contributed by atoms with Gasteiger partial charge in [0.2, 0.25) is 5.91 Å². The molecule has 0 radical (unpaired) electrons. The summed E-state index contributed by atoms with van der Waals surface area (Å²) < 4.78 is 5.70. The van der Waals surface area contributed by atoms with E-state index in [1.54, 1.807) is 4.90 Å². The van der Waals surface area contributed by atoms with Gasteiger partial charge in [0.15, 0.2) is 0 Å². The van der Waals surface area contributed by atoms with Crippen molar-refractivity contribution in [1.29, 1.82) is 0 Å². The Bertz CT molecular complexity index is 460. The second-order valence-corrected chi connectivity index (χ2v) is 4.86. The van der Waals surface area contributed by atoms with Crippen LogP contribution in [0, 0.1) is 0 Å². The van der Waals surface area contributed by atoms with Crippen LogP contribution in [0.4, 0.5) is 0 Å². The van der Waals surface area contributed by atoms with E-state index in [-0.39, 0.29) is 24.9 Å². The van der Waals surface area contributed by atoms with Crippen molar-refractivity contribution in [1.82, 2.24) is 4.90 Å². The highest BCUT2D eigenvalue weighted by Crippen LogP contribution is 2.22. The summed E-state index contributed by atoms with van der Waals surface area (Å²) in [7, 11) is 0. The third-order valence-corrected chi connectivity index (χ3v) is 3.37. The third-order valence-electron chi connectivity index (χ3n) is 3.37. The lowest BCUT2D eigenvalue weighted by atomic mass is 10.1. The molecule has 1 aliphatic heterocycles. The van der Waals surface area contributed by atoms with Crippen LogP contribution in [-0.2, 0) is 14.3 Å². The molecule has 5 heteroatoms. The van der Waals surface area contributed by atoms with Crippen molar-refractivity contribution in [2.75, 3.05) is 19.7 Å². The molecule has 1 fully saturated rings. The van der Waals surface area contributed by atoms with Crippen molar-refractivity contribution in [3.63, 3.8) is 0 Å². The molecule has 0 saturated carbocycles. The number of amides is 1. The minimum Gasteiger partial charge on any atom is -0.481 e. The SMILES string of the molecule is O=C(O)CCCC(=O)N1CCO[C@@H](c2ccccc2)C1. The number of carbonyl (C=O) groups is 2. The van der Waals surface area contributed by atoms with E-state index in [0.29, 0.717) is 26.1 Å². The quantitative estimate of drug-likeness (QED) is 0.891. The molecule has 1 atom stereocenters. The van der Waals surface area contributed by atoms with E-state index in [4.69, 9.17) is 9.84 Å². The average molecular weight is 277 g/mol. The summed E-state index contributed by atoms with van der Waals surface area (Å²) in [5, 5.41) is 8.58. The summed E-state index contributed by atoms with van der Waals surface area (Å²) in [6.07, 6.45) is 0.626. The van der Waals surface area contributed by atoms with Gasteiger partial charge in [0, 0.05) is 19.4 Å². The van der Waals surface area contributed by atoms with Crippen LogP contribution < -0.4 is 0 Å². The molecular formula is C15H19NO4. The molecule has 5 nitrogen and oxygen atoms in total. The molecule has 108 valence electrons. The number of benzene rings is 1. The van der Waals surface area contributed by atoms with E-state index < -0.39 is 5.97 Å². The Hall–Kier alpha value is -1.88. The van der Waals surface area contributed by atoms with Crippen molar-refractivity contribution in [3.05, 3.63) is 35.9 Å². The molecule has 1 aliphatic rings. The predicted octanol–water partition coefficient (Wildman–Crippen LogP) is 1.84. The van der Waals surface area contributed by atoms with E-state index in [0.717, 1.165) is 5.56 Å². The molecular weight excluding hydrogens is 258 g/mol. The molecule has 1 aromatic carbocycles. The molecule has 0 bridgehead atoms. The zero-order valence-electron chi connectivity index (χ0n) is 11.3. The Morgan fingerprint density at radius 1 is 1.25 bits per heavy atom. The summed E-state index contributed by atoms with van der Waals surface area (Å²) in [5.41, 5.74) is 1.07. The van der Waals surface area contributed by atoms with Gasteiger partial charge in [0.1, 0.15) is 6.10 Å². The van der Waals surface area contributed by atoms with Gasteiger partial charge in [-0.3, -0.25) is 9.59 Å². The molecule has 1 heterocycles. The van der Waals surface area contributed by atoms with Crippen LogP contribution in [-0.4, -0.2) is 41.6 Å². The lowest BCUT2D eigenvalue weighted by Gasteiger charge is -2.33. The largest absolute Gasteiger partial charge is 0.481 e. The summed E-state index contributed by atoms with van der Waals surface area (Å²) >= 11 is 0. The predicted molar refractivity (Wildman–Crippen MR) is 73.2 cm³/mol. The van der Waals surface area contributed by atoms with Gasteiger partial charge in [-0.05, 0) is 12.0 Å². The van der Waals surface area contributed by atoms with Crippen LogP contribution in [0.15, 0.2) is 30.3 Å². The van der Waals surface area contributed by atoms with E-state index >= 15 is 0 Å². The van der Waals surface area contributed by atoms with Gasteiger partial charge >= 0.3 is 5.97 Å². The van der Waals surface area contributed by atoms with Gasteiger partial charge in [-0.25, -0.2) is 0 Å². The zero-order valence-corrected chi connectivity index (χ0v) is 11.3. The lowest BCUT2D eigenvalue weighted by molar-refractivity contribution is -0.140. The standard InChI is InChI=1S/C15H19NO4/c17-14(7-4-8-15(18)19)16-9-10-20-13(11-16)12-5-2-1-3-6-12/h1-3,5-6,13H,4,7-11H2,(H,18,19)/t13-/m1/s1. The highest BCUT2D eigenvalue weighted by molar-refractivity contribution is 5.77. The maximum atomic E-state index is 12.0. The molecule has 0 aromatic heterocycles. The fourth-order valence-electron chi connectivity index (χ4n) is 2.29.